The Morgan fingerprint density at radius 1 is 1.00 bits per heavy atom. The minimum absolute atomic E-state index is 0.363. The average molecular weight is 270 g/mol. The zero-order chi connectivity index (χ0) is 14.2. The molecule has 0 radical (unpaired) electrons. The van der Waals surface area contributed by atoms with Gasteiger partial charge >= 0.3 is 5.97 Å². The number of carbonyl (C=O) groups is 1. The zero-order valence-corrected chi connectivity index (χ0v) is 10.7. The lowest BCUT2D eigenvalue weighted by Crippen LogP contribution is -2.03. The molecule has 1 N–H and O–H groups in total. The molecule has 0 amide bonds. The van der Waals surface area contributed by atoms with Crippen molar-refractivity contribution in [2.24, 2.45) is 0 Å². The van der Waals surface area contributed by atoms with Gasteiger partial charge < -0.3 is 14.6 Å². The van der Waals surface area contributed by atoms with Gasteiger partial charge in [0.25, 0.3) is 0 Å². The maximum atomic E-state index is 11.6. The molecule has 0 aliphatic heterocycles. The van der Waals surface area contributed by atoms with Gasteiger partial charge in [0, 0.05) is 6.08 Å². The fraction of sp³-hybridized carbons (Fsp3) is 0.0625. The minimum Gasteiger partial charge on any atom is -0.468 e. The Hall–Kier alpha value is -2.59. The molecule has 0 aromatic heterocycles. The lowest BCUT2D eigenvalue weighted by Gasteiger charge is -2.02. The number of benzene rings is 2. The first-order valence-corrected chi connectivity index (χ1v) is 6.06. The highest BCUT2D eigenvalue weighted by Crippen LogP contribution is 2.13. The van der Waals surface area contributed by atoms with Gasteiger partial charge in [-0.1, -0.05) is 30.3 Å². The van der Waals surface area contributed by atoms with E-state index in [4.69, 9.17) is 14.6 Å². The molecule has 20 heavy (non-hydrogen) atoms. The van der Waals surface area contributed by atoms with E-state index in [1.54, 1.807) is 54.6 Å². The molecule has 0 spiro atoms. The molecule has 0 atom stereocenters. The van der Waals surface area contributed by atoms with Crippen molar-refractivity contribution in [1.29, 1.82) is 0 Å². The highest BCUT2D eigenvalue weighted by molar-refractivity contribution is 5.88. The van der Waals surface area contributed by atoms with Crippen molar-refractivity contribution in [1.82, 2.24) is 0 Å². The Morgan fingerprint density at radius 2 is 1.70 bits per heavy atom. The number of aliphatic hydroxyl groups is 1. The van der Waals surface area contributed by atoms with Gasteiger partial charge in [-0.3, -0.25) is 0 Å². The van der Waals surface area contributed by atoms with E-state index >= 15 is 0 Å². The van der Waals surface area contributed by atoms with Crippen molar-refractivity contribution in [3.05, 3.63) is 66.2 Å². The van der Waals surface area contributed by atoms with Gasteiger partial charge in [0.05, 0.1) is 0 Å². The first-order chi connectivity index (χ1) is 9.78. The summed E-state index contributed by atoms with van der Waals surface area (Å²) in [5, 5.41) is 8.61. The summed E-state index contributed by atoms with van der Waals surface area (Å²) in [5.74, 6) is 0.636. The highest BCUT2D eigenvalue weighted by atomic mass is 16.6. The molecule has 0 saturated heterocycles. The van der Waals surface area contributed by atoms with Gasteiger partial charge in [-0.05, 0) is 35.9 Å². The van der Waals surface area contributed by atoms with Gasteiger partial charge in [0.2, 0.25) is 0 Å². The maximum Gasteiger partial charge on any atom is 0.336 e. The molecule has 0 bridgehead atoms. The molecule has 0 aliphatic carbocycles. The Kier molecular flexibility index (Phi) is 4.92. The molecule has 0 unspecified atom stereocenters. The van der Waals surface area contributed by atoms with Gasteiger partial charge in [-0.25, -0.2) is 4.79 Å². The van der Waals surface area contributed by atoms with Crippen molar-refractivity contribution in [2.75, 3.05) is 6.79 Å². The first kappa shape index (κ1) is 13.8. The average Bonchev–Trinajstić information content (AvgIpc) is 2.48. The lowest BCUT2D eigenvalue weighted by atomic mass is 10.2. The van der Waals surface area contributed by atoms with Crippen LogP contribution in [-0.2, 0) is 4.79 Å². The van der Waals surface area contributed by atoms with Crippen molar-refractivity contribution in [3.63, 3.8) is 0 Å². The molecule has 0 aliphatic rings. The second-order valence-corrected chi connectivity index (χ2v) is 3.91. The van der Waals surface area contributed by atoms with Crippen LogP contribution in [0.2, 0.25) is 0 Å². The van der Waals surface area contributed by atoms with Gasteiger partial charge in [0.15, 0.2) is 6.79 Å². The summed E-state index contributed by atoms with van der Waals surface area (Å²) >= 11 is 0. The summed E-state index contributed by atoms with van der Waals surface area (Å²) in [6.07, 6.45) is 3.00. The van der Waals surface area contributed by atoms with E-state index in [0.717, 1.165) is 5.56 Å². The number of esters is 1. The van der Waals surface area contributed by atoms with Crippen LogP contribution < -0.4 is 9.47 Å². The van der Waals surface area contributed by atoms with E-state index in [0.29, 0.717) is 11.5 Å². The smallest absolute Gasteiger partial charge is 0.336 e. The summed E-state index contributed by atoms with van der Waals surface area (Å²) in [4.78, 5) is 11.6. The van der Waals surface area contributed by atoms with Crippen LogP contribution in [0.25, 0.3) is 6.08 Å². The van der Waals surface area contributed by atoms with Crippen LogP contribution in [0.1, 0.15) is 5.56 Å². The number of aliphatic hydroxyl groups excluding tert-OH is 1. The number of para-hydroxylation sites is 1. The van der Waals surface area contributed by atoms with Crippen LogP contribution >= 0.6 is 0 Å². The van der Waals surface area contributed by atoms with Crippen LogP contribution in [0.4, 0.5) is 0 Å². The number of ether oxygens (including phenoxy) is 2. The summed E-state index contributed by atoms with van der Waals surface area (Å²) in [5.41, 5.74) is 0.834. The minimum atomic E-state index is -0.438. The van der Waals surface area contributed by atoms with E-state index < -0.39 is 5.97 Å². The zero-order valence-electron chi connectivity index (χ0n) is 10.7. The van der Waals surface area contributed by atoms with E-state index in [2.05, 4.69) is 0 Å². The second-order valence-electron chi connectivity index (χ2n) is 3.91. The third-order valence-electron chi connectivity index (χ3n) is 2.48. The Labute approximate surface area is 116 Å². The van der Waals surface area contributed by atoms with E-state index in [1.807, 2.05) is 6.07 Å². The quantitative estimate of drug-likeness (QED) is 0.393. The standard InChI is InChI=1S/C16H14O4/c17-12-19-14-9-6-13(7-10-14)8-11-16(18)20-15-4-2-1-3-5-15/h1-11,17H,12H2/b11-8+. The van der Waals surface area contributed by atoms with E-state index in [-0.39, 0.29) is 6.79 Å². The lowest BCUT2D eigenvalue weighted by molar-refractivity contribution is -0.128. The molecule has 0 saturated carbocycles. The number of hydrogen-bond donors (Lipinski definition) is 1. The Balaban J connectivity index is 1.93. The van der Waals surface area contributed by atoms with Crippen LogP contribution in [0.3, 0.4) is 0 Å². The van der Waals surface area contributed by atoms with Crippen LogP contribution in [-0.4, -0.2) is 17.9 Å². The monoisotopic (exact) mass is 270 g/mol. The summed E-state index contributed by atoms with van der Waals surface area (Å²) in [7, 11) is 0. The van der Waals surface area contributed by atoms with Crippen molar-refractivity contribution >= 4 is 12.0 Å². The third-order valence-corrected chi connectivity index (χ3v) is 2.48. The molecule has 2 aromatic carbocycles. The van der Waals surface area contributed by atoms with Crippen molar-refractivity contribution < 1.29 is 19.4 Å². The normalized spacial score (nSPS) is 10.4. The molecule has 0 fully saturated rings. The van der Waals surface area contributed by atoms with E-state index in [1.165, 1.54) is 6.08 Å². The number of carbonyl (C=O) groups excluding carboxylic acids is 1. The number of rotatable bonds is 5. The van der Waals surface area contributed by atoms with Gasteiger partial charge in [-0.2, -0.15) is 0 Å². The third kappa shape index (κ3) is 4.26. The second kappa shape index (κ2) is 7.11. The predicted octanol–water partition coefficient (Wildman–Crippen LogP) is 2.63. The highest BCUT2D eigenvalue weighted by Gasteiger charge is 1.99. The summed E-state index contributed by atoms with van der Waals surface area (Å²) in [6, 6.07) is 15.8. The number of hydrogen-bond acceptors (Lipinski definition) is 4. The maximum absolute atomic E-state index is 11.6. The molecule has 4 heteroatoms. The fourth-order valence-corrected chi connectivity index (χ4v) is 1.55. The molecule has 2 rings (SSSR count). The largest absolute Gasteiger partial charge is 0.468 e. The van der Waals surface area contributed by atoms with Crippen molar-refractivity contribution in [3.8, 4) is 11.5 Å². The van der Waals surface area contributed by atoms with Crippen LogP contribution in [0.5, 0.6) is 11.5 Å². The molecule has 4 nitrogen and oxygen atoms in total. The van der Waals surface area contributed by atoms with E-state index in [9.17, 15) is 4.79 Å². The summed E-state index contributed by atoms with van der Waals surface area (Å²) in [6.45, 7) is -0.363. The summed E-state index contributed by atoms with van der Waals surface area (Å²) < 4.78 is 10.0. The molecular weight excluding hydrogens is 256 g/mol. The Morgan fingerprint density at radius 3 is 2.35 bits per heavy atom. The fourth-order valence-electron chi connectivity index (χ4n) is 1.55. The van der Waals surface area contributed by atoms with Crippen LogP contribution in [0, 0.1) is 0 Å². The van der Waals surface area contributed by atoms with Crippen molar-refractivity contribution in [2.45, 2.75) is 0 Å². The van der Waals surface area contributed by atoms with Gasteiger partial charge in [-0.15, -0.1) is 0 Å². The van der Waals surface area contributed by atoms with Crippen LogP contribution in [0.15, 0.2) is 60.7 Å². The predicted molar refractivity (Wildman–Crippen MR) is 75.3 cm³/mol. The van der Waals surface area contributed by atoms with Gasteiger partial charge in [0.1, 0.15) is 11.5 Å². The SMILES string of the molecule is O=C(/C=C/c1ccc(OCO)cc1)Oc1ccccc1. The molecule has 2 aromatic rings. The Bertz CT molecular complexity index is 573. The molecule has 102 valence electrons. The topological polar surface area (TPSA) is 55.8 Å². The molecular formula is C16H14O4. The first-order valence-electron chi connectivity index (χ1n) is 6.06. The molecule has 0 heterocycles.